The second-order valence-corrected chi connectivity index (χ2v) is 5.49. The molecule has 0 atom stereocenters. The average molecular weight is 294 g/mol. The van der Waals surface area contributed by atoms with Crippen LogP contribution >= 0.6 is 0 Å². The zero-order valence-corrected chi connectivity index (χ0v) is 11.7. The summed E-state index contributed by atoms with van der Waals surface area (Å²) in [7, 11) is 0. The normalized spacial score (nSPS) is 21.0. The summed E-state index contributed by atoms with van der Waals surface area (Å²) >= 11 is 0. The second kappa shape index (κ2) is 5.18. The maximum Gasteiger partial charge on any atom is 0.255 e. The molecule has 0 bridgehead atoms. The molecule has 0 saturated carbocycles. The van der Waals surface area contributed by atoms with Crippen LogP contribution in [0.25, 0.3) is 0 Å². The largest absolute Gasteiger partial charge is 0.381 e. The van der Waals surface area contributed by atoms with Crippen LogP contribution < -0.4 is 0 Å². The van der Waals surface area contributed by atoms with E-state index in [4.69, 9.17) is 4.74 Å². The smallest absolute Gasteiger partial charge is 0.255 e. The molecule has 112 valence electrons. The lowest BCUT2D eigenvalue weighted by Crippen LogP contribution is -2.43. The Morgan fingerprint density at radius 2 is 2.00 bits per heavy atom. The summed E-state index contributed by atoms with van der Waals surface area (Å²) in [5, 5.41) is 5.68. The van der Waals surface area contributed by atoms with Gasteiger partial charge in [0, 0.05) is 13.2 Å². The van der Waals surface area contributed by atoms with Crippen LogP contribution in [-0.4, -0.2) is 29.8 Å². The van der Waals surface area contributed by atoms with Gasteiger partial charge in [0.05, 0.1) is 17.7 Å². The molecule has 0 N–H and O–H groups in total. The third kappa shape index (κ3) is 2.33. The Hall–Kier alpha value is -1.82. The fraction of sp³-hybridized carbons (Fsp3) is 0.467. The van der Waals surface area contributed by atoms with Gasteiger partial charge in [0.1, 0.15) is 0 Å². The first-order chi connectivity index (χ1) is 10.0. The Morgan fingerprint density at radius 1 is 1.29 bits per heavy atom. The van der Waals surface area contributed by atoms with Crippen LogP contribution in [0.15, 0.2) is 23.3 Å². The first-order valence-electron chi connectivity index (χ1n) is 6.92. The van der Waals surface area contributed by atoms with Crippen molar-refractivity contribution < 1.29 is 18.3 Å². The van der Waals surface area contributed by atoms with Crippen molar-refractivity contribution in [2.45, 2.75) is 26.3 Å². The van der Waals surface area contributed by atoms with Crippen LogP contribution in [0.1, 0.15) is 25.3 Å². The Kier molecular flexibility index (Phi) is 3.49. The van der Waals surface area contributed by atoms with Crippen molar-refractivity contribution in [2.75, 3.05) is 13.2 Å². The number of hydrazone groups is 1. The summed E-state index contributed by atoms with van der Waals surface area (Å²) < 4.78 is 31.5. The van der Waals surface area contributed by atoms with E-state index in [9.17, 15) is 13.6 Å². The Balaban J connectivity index is 1.81. The predicted octanol–water partition coefficient (Wildman–Crippen LogP) is 2.48. The van der Waals surface area contributed by atoms with E-state index in [0.29, 0.717) is 31.6 Å². The lowest BCUT2D eigenvalue weighted by Gasteiger charge is -2.31. The van der Waals surface area contributed by atoms with Crippen molar-refractivity contribution >= 4 is 11.6 Å². The molecule has 1 aromatic carbocycles. The third-order valence-corrected chi connectivity index (χ3v) is 4.27. The van der Waals surface area contributed by atoms with E-state index < -0.39 is 17.0 Å². The van der Waals surface area contributed by atoms with Crippen LogP contribution in [-0.2, 0) is 16.1 Å². The molecule has 4 nitrogen and oxygen atoms in total. The summed E-state index contributed by atoms with van der Waals surface area (Å²) in [5.41, 5.74) is 0.720. The van der Waals surface area contributed by atoms with Gasteiger partial charge in [0.15, 0.2) is 11.6 Å². The molecule has 1 aromatic rings. The Morgan fingerprint density at radius 3 is 2.67 bits per heavy atom. The summed E-state index contributed by atoms with van der Waals surface area (Å²) in [6.45, 7) is 3.07. The number of nitrogens with zero attached hydrogens (tertiary/aromatic N) is 2. The van der Waals surface area contributed by atoms with Crippen LogP contribution in [0, 0.1) is 17.0 Å². The molecule has 1 saturated heterocycles. The van der Waals surface area contributed by atoms with E-state index in [1.807, 2.05) is 6.92 Å². The summed E-state index contributed by atoms with van der Waals surface area (Å²) in [6, 6.07) is 3.62. The predicted molar refractivity (Wildman–Crippen MR) is 72.5 cm³/mol. The van der Waals surface area contributed by atoms with Crippen LogP contribution in [0.2, 0.25) is 0 Å². The lowest BCUT2D eigenvalue weighted by atomic mass is 9.76. The number of hydrogen-bond acceptors (Lipinski definition) is 3. The quantitative estimate of drug-likeness (QED) is 0.841. The second-order valence-electron chi connectivity index (χ2n) is 5.49. The maximum absolute atomic E-state index is 13.2. The first kappa shape index (κ1) is 14.1. The monoisotopic (exact) mass is 294 g/mol. The molecule has 21 heavy (non-hydrogen) atoms. The van der Waals surface area contributed by atoms with Gasteiger partial charge in [-0.05, 0) is 37.5 Å². The lowest BCUT2D eigenvalue weighted by molar-refractivity contribution is -0.140. The third-order valence-electron chi connectivity index (χ3n) is 4.27. The fourth-order valence-corrected chi connectivity index (χ4v) is 2.94. The van der Waals surface area contributed by atoms with E-state index in [-0.39, 0.29) is 12.5 Å². The highest BCUT2D eigenvalue weighted by molar-refractivity contribution is 6.11. The number of ether oxygens (including phenoxy) is 1. The molecule has 1 amide bonds. The van der Waals surface area contributed by atoms with E-state index >= 15 is 0 Å². The molecule has 2 aliphatic rings. The average Bonchev–Trinajstić information content (AvgIpc) is 2.69. The number of benzene rings is 1. The van der Waals surface area contributed by atoms with E-state index in [2.05, 4.69) is 5.10 Å². The van der Waals surface area contributed by atoms with Crippen molar-refractivity contribution in [3.05, 3.63) is 35.4 Å². The number of hydrogen-bond donors (Lipinski definition) is 0. The summed E-state index contributed by atoms with van der Waals surface area (Å²) in [6.07, 6.45) is 1.24. The molecule has 1 fully saturated rings. The van der Waals surface area contributed by atoms with Gasteiger partial charge in [-0.2, -0.15) is 5.10 Å². The van der Waals surface area contributed by atoms with Crippen molar-refractivity contribution in [1.82, 2.24) is 5.01 Å². The molecule has 2 heterocycles. The standard InChI is InChI=1S/C15H16F2N2O2/c1-10-15(4-6-21-7-5-15)14(20)19(18-10)9-11-2-3-12(16)13(17)8-11/h2-3,8H,4-7,9H2,1H3. The van der Waals surface area contributed by atoms with E-state index in [1.165, 1.54) is 11.1 Å². The van der Waals surface area contributed by atoms with Crippen molar-refractivity contribution in [1.29, 1.82) is 0 Å². The van der Waals surface area contributed by atoms with Crippen molar-refractivity contribution in [3.63, 3.8) is 0 Å². The minimum absolute atomic E-state index is 0.0759. The van der Waals surface area contributed by atoms with E-state index in [0.717, 1.165) is 17.8 Å². The first-order valence-corrected chi connectivity index (χ1v) is 6.92. The number of amides is 1. The molecule has 0 radical (unpaired) electrons. The van der Waals surface area contributed by atoms with Gasteiger partial charge in [-0.25, -0.2) is 13.8 Å². The van der Waals surface area contributed by atoms with Gasteiger partial charge < -0.3 is 4.74 Å². The number of carbonyl (C=O) groups is 1. The molecule has 0 aliphatic carbocycles. The van der Waals surface area contributed by atoms with Gasteiger partial charge >= 0.3 is 0 Å². The molecule has 2 aliphatic heterocycles. The highest BCUT2D eigenvalue weighted by atomic mass is 19.2. The van der Waals surface area contributed by atoms with E-state index in [1.54, 1.807) is 0 Å². The highest BCUT2D eigenvalue weighted by Crippen LogP contribution is 2.39. The molecular formula is C15H16F2N2O2. The molecule has 3 rings (SSSR count). The number of halogens is 2. The zero-order valence-electron chi connectivity index (χ0n) is 11.7. The zero-order chi connectivity index (χ0) is 15.0. The van der Waals surface area contributed by atoms with Crippen LogP contribution in [0.3, 0.4) is 0 Å². The van der Waals surface area contributed by atoms with Gasteiger partial charge in [0.2, 0.25) is 0 Å². The Bertz CT molecular complexity index is 610. The number of rotatable bonds is 2. The topological polar surface area (TPSA) is 41.9 Å². The van der Waals surface area contributed by atoms with Crippen molar-refractivity contribution in [2.24, 2.45) is 10.5 Å². The van der Waals surface area contributed by atoms with Crippen LogP contribution in [0.5, 0.6) is 0 Å². The van der Waals surface area contributed by atoms with Crippen molar-refractivity contribution in [3.8, 4) is 0 Å². The molecule has 0 unspecified atom stereocenters. The molecule has 0 aromatic heterocycles. The highest BCUT2D eigenvalue weighted by Gasteiger charge is 2.49. The minimum atomic E-state index is -0.916. The SMILES string of the molecule is CC1=NN(Cc2ccc(F)c(F)c2)C(=O)C12CCOCC2. The summed E-state index contributed by atoms with van der Waals surface area (Å²) in [4.78, 5) is 12.6. The van der Waals surface area contributed by atoms with Gasteiger partial charge in [0.25, 0.3) is 5.91 Å². The Labute approximate surface area is 121 Å². The van der Waals surface area contributed by atoms with Crippen LogP contribution in [0.4, 0.5) is 8.78 Å². The van der Waals surface area contributed by atoms with Gasteiger partial charge in [-0.3, -0.25) is 4.79 Å². The minimum Gasteiger partial charge on any atom is -0.381 e. The van der Waals surface area contributed by atoms with Gasteiger partial charge in [-0.15, -0.1) is 0 Å². The fourth-order valence-electron chi connectivity index (χ4n) is 2.94. The molecule has 1 spiro atoms. The molecular weight excluding hydrogens is 278 g/mol. The molecule has 6 heteroatoms. The van der Waals surface area contributed by atoms with Gasteiger partial charge in [-0.1, -0.05) is 6.07 Å². The number of carbonyl (C=O) groups excluding carboxylic acids is 1. The maximum atomic E-state index is 13.2. The summed E-state index contributed by atoms with van der Waals surface area (Å²) in [5.74, 6) is -1.89.